The summed E-state index contributed by atoms with van der Waals surface area (Å²) in [5.41, 5.74) is 0.855. The van der Waals surface area contributed by atoms with Crippen LogP contribution >= 0.6 is 11.6 Å². The molecule has 0 bridgehead atoms. The van der Waals surface area contributed by atoms with Crippen LogP contribution in [0, 0.1) is 0 Å². The second-order valence-corrected chi connectivity index (χ2v) is 6.09. The lowest BCUT2D eigenvalue weighted by Gasteiger charge is -2.16. The van der Waals surface area contributed by atoms with Gasteiger partial charge in [0.1, 0.15) is 11.5 Å². The molecule has 0 spiro atoms. The van der Waals surface area contributed by atoms with Crippen LogP contribution in [0.2, 0.25) is 5.02 Å². The summed E-state index contributed by atoms with van der Waals surface area (Å²) in [7, 11) is 1.47. The van der Waals surface area contributed by atoms with Crippen LogP contribution in [-0.4, -0.2) is 37.1 Å². The van der Waals surface area contributed by atoms with Crippen molar-refractivity contribution in [3.63, 3.8) is 0 Å². The standard InChI is InChI=1S/C17H18ClF3N2O2/c1-23(9-8-17(19,20)21)11-16(24)22-10-14-6-7-15(25-14)12-2-4-13(18)5-3-12/h2-7H,8-11H2,1H3,(H,22,24). The third-order valence-electron chi connectivity index (χ3n) is 3.44. The molecule has 0 radical (unpaired) electrons. The number of alkyl halides is 3. The zero-order valence-electron chi connectivity index (χ0n) is 13.6. The second kappa shape index (κ2) is 8.40. The molecule has 1 amide bonds. The first-order valence-electron chi connectivity index (χ1n) is 7.59. The summed E-state index contributed by atoms with van der Waals surface area (Å²) in [5, 5.41) is 3.25. The number of hydrogen-bond donors (Lipinski definition) is 1. The smallest absolute Gasteiger partial charge is 0.390 e. The minimum atomic E-state index is -4.23. The van der Waals surface area contributed by atoms with Gasteiger partial charge in [0.25, 0.3) is 0 Å². The fraction of sp³-hybridized carbons (Fsp3) is 0.353. The normalized spacial score (nSPS) is 11.8. The van der Waals surface area contributed by atoms with E-state index in [9.17, 15) is 18.0 Å². The van der Waals surface area contributed by atoms with Crippen LogP contribution in [-0.2, 0) is 11.3 Å². The lowest BCUT2D eigenvalue weighted by atomic mass is 10.2. The molecule has 0 aliphatic rings. The van der Waals surface area contributed by atoms with E-state index in [1.165, 1.54) is 11.9 Å². The molecule has 2 aromatic rings. The van der Waals surface area contributed by atoms with E-state index in [4.69, 9.17) is 16.0 Å². The first-order valence-corrected chi connectivity index (χ1v) is 7.97. The highest BCUT2D eigenvalue weighted by Gasteiger charge is 2.27. The monoisotopic (exact) mass is 374 g/mol. The van der Waals surface area contributed by atoms with Crippen molar-refractivity contribution >= 4 is 17.5 Å². The summed E-state index contributed by atoms with van der Waals surface area (Å²) in [6.07, 6.45) is -5.17. The van der Waals surface area contributed by atoms with Gasteiger partial charge < -0.3 is 9.73 Å². The minimum absolute atomic E-state index is 0.110. The van der Waals surface area contributed by atoms with Crippen LogP contribution in [0.15, 0.2) is 40.8 Å². The summed E-state index contributed by atoms with van der Waals surface area (Å²) < 4.78 is 42.1. The molecular formula is C17H18ClF3N2O2. The molecular weight excluding hydrogens is 357 g/mol. The van der Waals surface area contributed by atoms with Gasteiger partial charge in [-0.3, -0.25) is 9.69 Å². The Balaban J connectivity index is 1.79. The summed E-state index contributed by atoms with van der Waals surface area (Å²) in [6.45, 7) is -0.168. The van der Waals surface area contributed by atoms with Gasteiger partial charge in [0.2, 0.25) is 5.91 Å². The fourth-order valence-corrected chi connectivity index (χ4v) is 2.25. The molecule has 0 aliphatic heterocycles. The van der Waals surface area contributed by atoms with E-state index in [1.54, 1.807) is 24.3 Å². The van der Waals surface area contributed by atoms with Crippen molar-refractivity contribution in [3.05, 3.63) is 47.2 Å². The molecule has 1 N–H and O–H groups in total. The zero-order chi connectivity index (χ0) is 18.4. The maximum absolute atomic E-state index is 12.1. The Bertz CT molecular complexity index is 699. The Morgan fingerprint density at radius 2 is 1.88 bits per heavy atom. The maximum atomic E-state index is 12.1. The van der Waals surface area contributed by atoms with Gasteiger partial charge in [0, 0.05) is 17.1 Å². The molecule has 1 aromatic carbocycles. The Morgan fingerprint density at radius 3 is 2.52 bits per heavy atom. The highest BCUT2D eigenvalue weighted by atomic mass is 35.5. The molecule has 0 aliphatic carbocycles. The number of halogens is 4. The van der Waals surface area contributed by atoms with Gasteiger partial charge in [-0.15, -0.1) is 0 Å². The molecule has 0 saturated heterocycles. The van der Waals surface area contributed by atoms with Crippen LogP contribution in [0.3, 0.4) is 0 Å². The number of nitrogens with one attached hydrogen (secondary N) is 1. The van der Waals surface area contributed by atoms with Crippen molar-refractivity contribution in [2.24, 2.45) is 0 Å². The number of nitrogens with zero attached hydrogens (tertiary/aromatic N) is 1. The van der Waals surface area contributed by atoms with Crippen LogP contribution in [0.1, 0.15) is 12.2 Å². The first kappa shape index (κ1) is 19.3. The first-order chi connectivity index (χ1) is 11.7. The van der Waals surface area contributed by atoms with Gasteiger partial charge in [0.05, 0.1) is 19.5 Å². The van der Waals surface area contributed by atoms with Gasteiger partial charge in [0.15, 0.2) is 0 Å². The number of carbonyl (C=O) groups is 1. The van der Waals surface area contributed by atoms with Crippen molar-refractivity contribution in [2.75, 3.05) is 20.1 Å². The van der Waals surface area contributed by atoms with Gasteiger partial charge in [-0.25, -0.2) is 0 Å². The second-order valence-electron chi connectivity index (χ2n) is 5.65. The highest BCUT2D eigenvalue weighted by molar-refractivity contribution is 6.30. The van der Waals surface area contributed by atoms with Crippen molar-refractivity contribution in [1.82, 2.24) is 10.2 Å². The summed E-state index contributed by atoms with van der Waals surface area (Å²) in [6, 6.07) is 10.6. The van der Waals surface area contributed by atoms with Crippen LogP contribution in [0.4, 0.5) is 13.2 Å². The molecule has 4 nitrogen and oxygen atoms in total. The molecule has 0 atom stereocenters. The maximum Gasteiger partial charge on any atom is 0.390 e. The molecule has 1 heterocycles. The van der Waals surface area contributed by atoms with E-state index < -0.39 is 12.6 Å². The number of furan rings is 1. The summed E-state index contributed by atoms with van der Waals surface area (Å²) in [5.74, 6) is 0.827. The van der Waals surface area contributed by atoms with E-state index in [2.05, 4.69) is 5.32 Å². The molecule has 1 aromatic heterocycles. The quantitative estimate of drug-likeness (QED) is 0.793. The summed E-state index contributed by atoms with van der Waals surface area (Å²) in [4.78, 5) is 13.1. The van der Waals surface area contributed by atoms with E-state index in [-0.39, 0.29) is 25.5 Å². The van der Waals surface area contributed by atoms with Crippen molar-refractivity contribution in [2.45, 2.75) is 19.1 Å². The minimum Gasteiger partial charge on any atom is -0.459 e. The molecule has 2 rings (SSSR count). The average Bonchev–Trinajstić information content (AvgIpc) is 3.00. The van der Waals surface area contributed by atoms with Crippen LogP contribution < -0.4 is 5.32 Å². The Labute approximate surface area is 148 Å². The topological polar surface area (TPSA) is 45.5 Å². The third-order valence-corrected chi connectivity index (χ3v) is 3.69. The van der Waals surface area contributed by atoms with Crippen LogP contribution in [0.25, 0.3) is 11.3 Å². The SMILES string of the molecule is CN(CCC(F)(F)F)CC(=O)NCc1ccc(-c2ccc(Cl)cc2)o1. The van der Waals surface area contributed by atoms with E-state index in [1.807, 2.05) is 12.1 Å². The third kappa shape index (κ3) is 6.80. The Kier molecular flexibility index (Phi) is 6.50. The summed E-state index contributed by atoms with van der Waals surface area (Å²) >= 11 is 5.83. The lowest BCUT2D eigenvalue weighted by molar-refractivity contribution is -0.139. The van der Waals surface area contributed by atoms with Crippen molar-refractivity contribution in [1.29, 1.82) is 0 Å². The number of benzene rings is 1. The average molecular weight is 375 g/mol. The largest absolute Gasteiger partial charge is 0.459 e. The van der Waals surface area contributed by atoms with Crippen molar-refractivity contribution < 1.29 is 22.4 Å². The van der Waals surface area contributed by atoms with Gasteiger partial charge >= 0.3 is 6.18 Å². The van der Waals surface area contributed by atoms with Gasteiger partial charge in [-0.2, -0.15) is 13.2 Å². The van der Waals surface area contributed by atoms with E-state index in [0.29, 0.717) is 16.5 Å². The number of amides is 1. The van der Waals surface area contributed by atoms with E-state index in [0.717, 1.165) is 5.56 Å². The molecule has 8 heteroatoms. The number of carbonyl (C=O) groups excluding carboxylic acids is 1. The van der Waals surface area contributed by atoms with Crippen molar-refractivity contribution in [3.8, 4) is 11.3 Å². The Hall–Kier alpha value is -1.99. The lowest BCUT2D eigenvalue weighted by Crippen LogP contribution is -2.36. The number of rotatable bonds is 7. The number of likely N-dealkylation sites (N-methyl/N-ethyl adjacent to an activating group) is 1. The molecule has 25 heavy (non-hydrogen) atoms. The fourth-order valence-electron chi connectivity index (χ4n) is 2.13. The van der Waals surface area contributed by atoms with Gasteiger partial charge in [-0.05, 0) is 43.4 Å². The number of hydrogen-bond acceptors (Lipinski definition) is 3. The molecule has 0 unspecified atom stereocenters. The predicted octanol–water partition coefficient (Wildman–Crippen LogP) is 4.10. The zero-order valence-corrected chi connectivity index (χ0v) is 14.3. The molecule has 136 valence electrons. The Morgan fingerprint density at radius 1 is 1.20 bits per heavy atom. The van der Waals surface area contributed by atoms with Crippen LogP contribution in [0.5, 0.6) is 0 Å². The predicted molar refractivity (Wildman–Crippen MR) is 89.2 cm³/mol. The molecule has 0 saturated carbocycles. The van der Waals surface area contributed by atoms with Gasteiger partial charge in [-0.1, -0.05) is 11.6 Å². The van der Waals surface area contributed by atoms with E-state index >= 15 is 0 Å². The molecule has 0 fully saturated rings. The highest BCUT2D eigenvalue weighted by Crippen LogP contribution is 2.23.